The fraction of sp³-hybridized carbons (Fsp3) is 0.273. The highest BCUT2D eigenvalue weighted by Gasteiger charge is 2.21. The second-order valence-electron chi connectivity index (χ2n) is 3.19. The third kappa shape index (κ3) is 3.51. The third-order valence-corrected chi connectivity index (χ3v) is 2.57. The lowest BCUT2D eigenvalue weighted by atomic mass is 9.97. The van der Waals surface area contributed by atoms with E-state index in [1.807, 2.05) is 0 Å². The predicted molar refractivity (Wildman–Crippen MR) is 62.1 cm³/mol. The topological polar surface area (TPSA) is 43.4 Å². The minimum Gasteiger partial charge on any atom is -0.497 e. The molecular weight excluding hydrogens is 251 g/mol. The van der Waals surface area contributed by atoms with E-state index in [1.165, 1.54) is 0 Å². The Labute approximate surface area is 103 Å². The van der Waals surface area contributed by atoms with Crippen LogP contribution >= 0.6 is 23.2 Å². The van der Waals surface area contributed by atoms with Crippen molar-refractivity contribution in [1.29, 1.82) is 0 Å². The molecule has 1 rings (SSSR count). The number of ether oxygens (including phenoxy) is 1. The largest absolute Gasteiger partial charge is 0.497 e. The maximum atomic E-state index is 11.2. The lowest BCUT2D eigenvalue weighted by Crippen LogP contribution is -2.09. The van der Waals surface area contributed by atoms with Gasteiger partial charge in [-0.15, -0.1) is 0 Å². The summed E-state index contributed by atoms with van der Waals surface area (Å²) in [5.74, 6) is -0.0284. The molecule has 0 unspecified atom stereocenters. The van der Waals surface area contributed by atoms with Crippen molar-refractivity contribution >= 4 is 33.7 Å². The van der Waals surface area contributed by atoms with E-state index in [1.54, 1.807) is 31.4 Å². The van der Waals surface area contributed by atoms with E-state index in [2.05, 4.69) is 0 Å². The van der Waals surface area contributed by atoms with Gasteiger partial charge in [0.25, 0.3) is 0 Å². The van der Waals surface area contributed by atoms with Crippen molar-refractivity contribution in [2.45, 2.75) is 12.3 Å². The number of halogens is 2. The smallest absolute Gasteiger partial charge is 0.229 e. The second-order valence-corrected chi connectivity index (χ2v) is 3.98. The zero-order valence-electron chi connectivity index (χ0n) is 8.57. The molecule has 0 aliphatic heterocycles. The van der Waals surface area contributed by atoms with Crippen LogP contribution in [0, 0.1) is 0 Å². The SMILES string of the molecule is COc1ccc([C@@H](CC(=O)Cl)C(=O)Cl)cc1. The molecule has 0 aliphatic carbocycles. The second kappa shape index (κ2) is 5.87. The van der Waals surface area contributed by atoms with E-state index in [9.17, 15) is 9.59 Å². The van der Waals surface area contributed by atoms with Gasteiger partial charge in [0.2, 0.25) is 10.5 Å². The van der Waals surface area contributed by atoms with Crippen molar-refractivity contribution in [3.8, 4) is 5.75 Å². The Kier molecular flexibility index (Phi) is 4.77. The molecule has 1 aromatic rings. The van der Waals surface area contributed by atoms with Gasteiger partial charge in [0.1, 0.15) is 5.75 Å². The quantitative estimate of drug-likeness (QED) is 0.765. The fourth-order valence-electron chi connectivity index (χ4n) is 1.33. The number of benzene rings is 1. The van der Waals surface area contributed by atoms with E-state index in [0.717, 1.165) is 0 Å². The molecule has 5 heteroatoms. The molecule has 0 amide bonds. The summed E-state index contributed by atoms with van der Waals surface area (Å²) in [5, 5.41) is -1.19. The van der Waals surface area contributed by atoms with Crippen LogP contribution in [-0.2, 0) is 9.59 Å². The Balaban J connectivity index is 2.92. The van der Waals surface area contributed by atoms with E-state index in [4.69, 9.17) is 27.9 Å². The Morgan fingerprint density at radius 2 is 1.81 bits per heavy atom. The van der Waals surface area contributed by atoms with Crippen LogP contribution < -0.4 is 4.74 Å². The van der Waals surface area contributed by atoms with Crippen LogP contribution in [0.2, 0.25) is 0 Å². The van der Waals surface area contributed by atoms with Crippen LogP contribution in [0.3, 0.4) is 0 Å². The predicted octanol–water partition coefficient (Wildman–Crippen LogP) is 2.70. The first kappa shape index (κ1) is 13.0. The minimum atomic E-state index is -0.697. The van der Waals surface area contributed by atoms with Gasteiger partial charge in [-0.2, -0.15) is 0 Å². The van der Waals surface area contributed by atoms with E-state index in [0.29, 0.717) is 11.3 Å². The van der Waals surface area contributed by atoms with Crippen LogP contribution in [0.25, 0.3) is 0 Å². The van der Waals surface area contributed by atoms with Crippen molar-refractivity contribution in [2.24, 2.45) is 0 Å². The van der Waals surface area contributed by atoms with Crippen molar-refractivity contribution in [3.05, 3.63) is 29.8 Å². The van der Waals surface area contributed by atoms with Crippen LogP contribution in [0.5, 0.6) is 5.75 Å². The molecule has 0 spiro atoms. The summed E-state index contributed by atoms with van der Waals surface area (Å²) >= 11 is 10.7. The van der Waals surface area contributed by atoms with Gasteiger partial charge >= 0.3 is 0 Å². The number of hydrogen-bond acceptors (Lipinski definition) is 3. The number of rotatable bonds is 5. The molecule has 0 fully saturated rings. The third-order valence-electron chi connectivity index (χ3n) is 2.16. The normalized spacial score (nSPS) is 11.9. The summed E-state index contributed by atoms with van der Waals surface area (Å²) in [4.78, 5) is 21.9. The molecular formula is C11H10Cl2O3. The summed E-state index contributed by atoms with van der Waals surface area (Å²) < 4.78 is 4.98. The molecule has 0 radical (unpaired) electrons. The minimum absolute atomic E-state index is 0.101. The van der Waals surface area contributed by atoms with Crippen molar-refractivity contribution < 1.29 is 14.3 Å². The molecule has 3 nitrogen and oxygen atoms in total. The molecule has 0 aromatic heterocycles. The van der Waals surface area contributed by atoms with E-state index < -0.39 is 16.4 Å². The van der Waals surface area contributed by atoms with Gasteiger partial charge in [-0.25, -0.2) is 0 Å². The molecule has 0 heterocycles. The highest BCUT2D eigenvalue weighted by molar-refractivity contribution is 6.67. The van der Waals surface area contributed by atoms with Gasteiger partial charge in [0.15, 0.2) is 0 Å². The van der Waals surface area contributed by atoms with Crippen LogP contribution in [-0.4, -0.2) is 17.6 Å². The zero-order valence-corrected chi connectivity index (χ0v) is 10.1. The maximum absolute atomic E-state index is 11.2. The Bertz CT molecular complexity index is 387. The molecule has 86 valence electrons. The van der Waals surface area contributed by atoms with Gasteiger partial charge < -0.3 is 4.74 Å². The Morgan fingerprint density at radius 1 is 1.25 bits per heavy atom. The first-order valence-corrected chi connectivity index (χ1v) is 5.32. The fourth-order valence-corrected chi connectivity index (χ4v) is 1.68. The lowest BCUT2D eigenvalue weighted by Gasteiger charge is -2.10. The maximum Gasteiger partial charge on any atom is 0.229 e. The Hall–Kier alpha value is -1.06. The van der Waals surface area contributed by atoms with Gasteiger partial charge in [0.05, 0.1) is 13.0 Å². The summed E-state index contributed by atoms with van der Waals surface area (Å²) in [6.45, 7) is 0. The Morgan fingerprint density at radius 3 is 2.19 bits per heavy atom. The standard InChI is InChI=1S/C11H10Cl2O3/c1-16-8-4-2-7(3-5-8)9(11(13)15)6-10(12)14/h2-5,9H,6H2,1H3/t9-/m1/s1. The van der Waals surface area contributed by atoms with E-state index in [-0.39, 0.29) is 6.42 Å². The molecule has 0 saturated heterocycles. The zero-order chi connectivity index (χ0) is 12.1. The molecule has 0 saturated carbocycles. The van der Waals surface area contributed by atoms with E-state index >= 15 is 0 Å². The summed E-state index contributed by atoms with van der Waals surface area (Å²) in [5.41, 5.74) is 0.648. The molecule has 1 atom stereocenters. The summed E-state index contributed by atoms with van der Waals surface area (Å²) in [7, 11) is 1.54. The summed E-state index contributed by atoms with van der Waals surface area (Å²) in [6.07, 6.45) is -0.101. The highest BCUT2D eigenvalue weighted by atomic mass is 35.5. The highest BCUT2D eigenvalue weighted by Crippen LogP contribution is 2.25. The first-order chi connectivity index (χ1) is 7.54. The monoisotopic (exact) mass is 260 g/mol. The van der Waals surface area contributed by atoms with Crippen LogP contribution in [0.15, 0.2) is 24.3 Å². The van der Waals surface area contributed by atoms with Gasteiger partial charge in [-0.3, -0.25) is 9.59 Å². The van der Waals surface area contributed by atoms with Gasteiger partial charge in [0, 0.05) is 6.42 Å². The molecule has 16 heavy (non-hydrogen) atoms. The molecule has 0 bridgehead atoms. The average Bonchev–Trinajstić information content (AvgIpc) is 2.25. The van der Waals surface area contributed by atoms with Gasteiger partial charge in [-0.1, -0.05) is 12.1 Å². The van der Waals surface area contributed by atoms with Crippen molar-refractivity contribution in [2.75, 3.05) is 7.11 Å². The van der Waals surface area contributed by atoms with Crippen LogP contribution in [0.4, 0.5) is 0 Å². The van der Waals surface area contributed by atoms with Crippen molar-refractivity contribution in [3.63, 3.8) is 0 Å². The average molecular weight is 261 g/mol. The van der Waals surface area contributed by atoms with Crippen LogP contribution in [0.1, 0.15) is 17.9 Å². The lowest BCUT2D eigenvalue weighted by molar-refractivity contribution is -0.117. The van der Waals surface area contributed by atoms with Gasteiger partial charge in [-0.05, 0) is 40.9 Å². The van der Waals surface area contributed by atoms with Crippen molar-refractivity contribution in [1.82, 2.24) is 0 Å². The number of carbonyl (C=O) groups is 2. The first-order valence-electron chi connectivity index (χ1n) is 4.56. The molecule has 0 N–H and O–H groups in total. The number of hydrogen-bond donors (Lipinski definition) is 0. The number of methoxy groups -OCH3 is 1. The molecule has 1 aromatic carbocycles. The number of carbonyl (C=O) groups excluding carboxylic acids is 2. The summed E-state index contributed by atoms with van der Waals surface area (Å²) in [6, 6.07) is 6.76. The molecule has 0 aliphatic rings.